The molecule has 0 amide bonds. The molecule has 0 fully saturated rings. The fourth-order valence-electron chi connectivity index (χ4n) is 2.52. The molecule has 0 radical (unpaired) electrons. The highest BCUT2D eigenvalue weighted by Crippen LogP contribution is 2.37. The minimum absolute atomic E-state index is 0.235. The molecule has 19 heavy (non-hydrogen) atoms. The van der Waals surface area contributed by atoms with Gasteiger partial charge in [0.25, 0.3) is 0 Å². The normalized spacial score (nSPS) is 13.5. The van der Waals surface area contributed by atoms with Crippen LogP contribution in [0.3, 0.4) is 0 Å². The van der Waals surface area contributed by atoms with E-state index in [1.54, 1.807) is 0 Å². The quantitative estimate of drug-likeness (QED) is 0.764. The molecule has 2 heteroatoms. The molecule has 1 aromatic heterocycles. The van der Waals surface area contributed by atoms with E-state index in [1.807, 2.05) is 12.1 Å². The molecule has 1 heterocycles. The lowest BCUT2D eigenvalue weighted by molar-refractivity contribution is 0.328. The summed E-state index contributed by atoms with van der Waals surface area (Å²) in [6.07, 6.45) is 0. The van der Waals surface area contributed by atoms with Crippen LogP contribution in [0.4, 0.5) is 0 Å². The lowest BCUT2D eigenvalue weighted by atomic mass is 9.80. The molecule has 0 aliphatic carbocycles. The molecular formula is C17H22N2. The summed E-state index contributed by atoms with van der Waals surface area (Å²) in [5.41, 5.74) is 3.56. The molecule has 2 rings (SSSR count). The van der Waals surface area contributed by atoms with E-state index in [1.165, 1.54) is 16.6 Å². The van der Waals surface area contributed by atoms with Gasteiger partial charge >= 0.3 is 0 Å². The Hall–Kier alpha value is -1.75. The van der Waals surface area contributed by atoms with Gasteiger partial charge in [0.15, 0.2) is 0 Å². The Morgan fingerprint density at radius 3 is 2.47 bits per heavy atom. The maximum absolute atomic E-state index is 9.01. The van der Waals surface area contributed by atoms with Crippen molar-refractivity contribution in [3.63, 3.8) is 0 Å². The van der Waals surface area contributed by atoms with Crippen molar-refractivity contribution >= 4 is 10.9 Å². The third kappa shape index (κ3) is 2.38. The first-order chi connectivity index (χ1) is 8.88. The van der Waals surface area contributed by atoms with Crippen molar-refractivity contribution < 1.29 is 0 Å². The van der Waals surface area contributed by atoms with E-state index in [4.69, 9.17) is 5.26 Å². The van der Waals surface area contributed by atoms with Crippen molar-refractivity contribution in [1.29, 1.82) is 5.26 Å². The lowest BCUT2D eigenvalue weighted by Gasteiger charge is -2.28. The average molecular weight is 254 g/mol. The van der Waals surface area contributed by atoms with Gasteiger partial charge in [0.2, 0.25) is 0 Å². The van der Waals surface area contributed by atoms with Crippen molar-refractivity contribution in [2.45, 2.75) is 47.1 Å². The molecule has 0 aliphatic heterocycles. The maximum Gasteiger partial charge on any atom is 0.0991 e. The fourth-order valence-corrected chi connectivity index (χ4v) is 2.52. The molecule has 0 saturated carbocycles. The largest absolute Gasteiger partial charge is 0.345 e. The molecule has 0 bridgehead atoms. The minimum atomic E-state index is 0.235. The summed E-state index contributed by atoms with van der Waals surface area (Å²) >= 11 is 0. The number of aromatic nitrogens is 1. The summed E-state index contributed by atoms with van der Waals surface area (Å²) in [4.78, 5) is 0. The zero-order valence-electron chi connectivity index (χ0n) is 12.5. The number of benzene rings is 1. The Morgan fingerprint density at radius 2 is 1.95 bits per heavy atom. The molecule has 2 nitrogen and oxygen atoms in total. The maximum atomic E-state index is 9.01. The van der Waals surface area contributed by atoms with Crippen molar-refractivity contribution in [2.75, 3.05) is 0 Å². The standard InChI is InChI=1S/C17H22N2/c1-6-19-15-8-7-13(11-18)9-14(15)10-16(19)12(2)17(3,4)5/h7-10,12H,6H2,1-5H3. The van der Waals surface area contributed by atoms with E-state index in [2.05, 4.69) is 57.4 Å². The van der Waals surface area contributed by atoms with Gasteiger partial charge in [-0.05, 0) is 36.6 Å². The second kappa shape index (κ2) is 4.74. The van der Waals surface area contributed by atoms with E-state index in [9.17, 15) is 0 Å². The van der Waals surface area contributed by atoms with E-state index in [0.717, 1.165) is 12.1 Å². The summed E-state index contributed by atoms with van der Waals surface area (Å²) < 4.78 is 2.37. The number of hydrogen-bond acceptors (Lipinski definition) is 1. The van der Waals surface area contributed by atoms with Gasteiger partial charge in [-0.15, -0.1) is 0 Å². The first-order valence-corrected chi connectivity index (χ1v) is 6.91. The highest BCUT2D eigenvalue weighted by molar-refractivity contribution is 5.83. The first-order valence-electron chi connectivity index (χ1n) is 6.91. The molecule has 0 N–H and O–H groups in total. The molecule has 0 spiro atoms. The fraction of sp³-hybridized carbons (Fsp3) is 0.471. The second-order valence-corrected chi connectivity index (χ2v) is 6.29. The highest BCUT2D eigenvalue weighted by Gasteiger charge is 2.25. The summed E-state index contributed by atoms with van der Waals surface area (Å²) in [6.45, 7) is 12.2. The molecule has 0 aliphatic rings. The summed E-state index contributed by atoms with van der Waals surface area (Å²) in [7, 11) is 0. The number of nitriles is 1. The van der Waals surface area contributed by atoms with E-state index in [0.29, 0.717) is 5.92 Å². The van der Waals surface area contributed by atoms with E-state index >= 15 is 0 Å². The molecule has 0 saturated heterocycles. The Balaban J connectivity index is 2.65. The first kappa shape index (κ1) is 13.7. The molecule has 1 unspecified atom stereocenters. The summed E-state index contributed by atoms with van der Waals surface area (Å²) in [5.74, 6) is 0.477. The van der Waals surface area contributed by atoms with Crippen LogP contribution in [0, 0.1) is 16.7 Å². The van der Waals surface area contributed by atoms with Crippen molar-refractivity contribution in [1.82, 2.24) is 4.57 Å². The number of nitrogens with zero attached hydrogens (tertiary/aromatic N) is 2. The third-order valence-corrected chi connectivity index (χ3v) is 4.12. The van der Waals surface area contributed by atoms with Gasteiger partial charge in [-0.25, -0.2) is 0 Å². The SMILES string of the molecule is CCn1c(C(C)C(C)(C)C)cc2cc(C#N)ccc21. The van der Waals surface area contributed by atoms with Crippen molar-refractivity contribution in [2.24, 2.45) is 5.41 Å². The monoisotopic (exact) mass is 254 g/mol. The molecular weight excluding hydrogens is 232 g/mol. The van der Waals surface area contributed by atoms with Crippen LogP contribution in [0.5, 0.6) is 0 Å². The van der Waals surface area contributed by atoms with Crippen LogP contribution in [0.2, 0.25) is 0 Å². The van der Waals surface area contributed by atoms with Crippen LogP contribution in [-0.2, 0) is 6.54 Å². The lowest BCUT2D eigenvalue weighted by Crippen LogP contribution is -2.18. The number of rotatable bonds is 2. The van der Waals surface area contributed by atoms with Gasteiger partial charge in [-0.3, -0.25) is 0 Å². The van der Waals surface area contributed by atoms with E-state index in [-0.39, 0.29) is 5.41 Å². The van der Waals surface area contributed by atoms with Crippen LogP contribution in [0.15, 0.2) is 24.3 Å². The zero-order chi connectivity index (χ0) is 14.2. The molecule has 100 valence electrons. The van der Waals surface area contributed by atoms with Gasteiger partial charge < -0.3 is 4.57 Å². The van der Waals surface area contributed by atoms with Crippen LogP contribution < -0.4 is 0 Å². The Morgan fingerprint density at radius 1 is 1.26 bits per heavy atom. The van der Waals surface area contributed by atoms with Crippen molar-refractivity contribution in [3.8, 4) is 6.07 Å². The Labute approximate surface area is 115 Å². The van der Waals surface area contributed by atoms with Gasteiger partial charge in [0.05, 0.1) is 11.6 Å². The van der Waals surface area contributed by atoms with Gasteiger partial charge in [0, 0.05) is 29.1 Å². The summed E-state index contributed by atoms with van der Waals surface area (Å²) in [5, 5.41) is 10.2. The van der Waals surface area contributed by atoms with Crippen LogP contribution >= 0.6 is 0 Å². The smallest absolute Gasteiger partial charge is 0.0991 e. The average Bonchev–Trinajstić information content (AvgIpc) is 2.73. The Bertz CT molecular complexity index is 636. The topological polar surface area (TPSA) is 28.7 Å². The predicted molar refractivity (Wildman–Crippen MR) is 80.2 cm³/mol. The molecule has 1 atom stereocenters. The van der Waals surface area contributed by atoms with Crippen LogP contribution in [0.1, 0.15) is 51.8 Å². The number of aryl methyl sites for hydroxylation is 1. The third-order valence-electron chi connectivity index (χ3n) is 4.12. The zero-order valence-corrected chi connectivity index (χ0v) is 12.5. The predicted octanol–water partition coefficient (Wildman–Crippen LogP) is 4.68. The minimum Gasteiger partial charge on any atom is -0.345 e. The van der Waals surface area contributed by atoms with Crippen molar-refractivity contribution in [3.05, 3.63) is 35.5 Å². The van der Waals surface area contributed by atoms with Crippen LogP contribution in [0.25, 0.3) is 10.9 Å². The number of hydrogen-bond donors (Lipinski definition) is 0. The molecule has 1 aromatic carbocycles. The van der Waals surface area contributed by atoms with Crippen LogP contribution in [-0.4, -0.2) is 4.57 Å². The van der Waals surface area contributed by atoms with E-state index < -0.39 is 0 Å². The number of fused-ring (bicyclic) bond motifs is 1. The van der Waals surface area contributed by atoms with Gasteiger partial charge in [0.1, 0.15) is 0 Å². The highest BCUT2D eigenvalue weighted by atomic mass is 15.0. The second-order valence-electron chi connectivity index (χ2n) is 6.29. The van der Waals surface area contributed by atoms with Gasteiger partial charge in [-0.1, -0.05) is 27.7 Å². The molecule has 2 aromatic rings. The summed E-state index contributed by atoms with van der Waals surface area (Å²) in [6, 6.07) is 10.4. The Kier molecular flexibility index (Phi) is 3.41. The van der Waals surface area contributed by atoms with Gasteiger partial charge in [-0.2, -0.15) is 5.26 Å².